The number of carbonyl (C=O) groups excluding carboxylic acids is 1. The van der Waals surface area contributed by atoms with Crippen LogP contribution in [0.2, 0.25) is 19.6 Å². The number of ketones is 1. The molecule has 1 unspecified atom stereocenters. The van der Waals surface area contributed by atoms with E-state index in [1.165, 1.54) is 0 Å². The lowest BCUT2D eigenvalue weighted by molar-refractivity contribution is -0.201. The zero-order valence-corrected chi connectivity index (χ0v) is 23.7. The molecule has 36 heavy (non-hydrogen) atoms. The smallest absolute Gasteiger partial charge is 0.184 e. The standard InChI is InChI=1S/C28H40O7Si/c1-15(31-4)28(35-36(6,7)8)14-19-18(25-26(28)34-27(2,3)33-25)13-17-12-16-10-9-11-20(32-5)21(16)24(30)22(17)23(19)29/h9-11,15,17-19,25-26,30H,12-14H2,1-8H3/t15-,17?,18-,19-,25+,26+,28+/m1/s1. The van der Waals surface area contributed by atoms with E-state index in [4.69, 9.17) is 23.4 Å². The van der Waals surface area contributed by atoms with E-state index in [0.717, 1.165) is 12.0 Å². The first kappa shape index (κ1) is 25.9. The third kappa shape index (κ3) is 3.96. The summed E-state index contributed by atoms with van der Waals surface area (Å²) < 4.78 is 31.5. The van der Waals surface area contributed by atoms with Gasteiger partial charge in [-0.1, -0.05) is 12.1 Å². The number of methoxy groups -OCH3 is 2. The molecule has 1 saturated heterocycles. The number of rotatable bonds is 5. The van der Waals surface area contributed by atoms with Gasteiger partial charge in [0.1, 0.15) is 23.2 Å². The Morgan fingerprint density at radius 3 is 2.53 bits per heavy atom. The van der Waals surface area contributed by atoms with Gasteiger partial charge in [0.2, 0.25) is 0 Å². The van der Waals surface area contributed by atoms with Crippen LogP contribution in [0.1, 0.15) is 44.7 Å². The van der Waals surface area contributed by atoms with Crippen molar-refractivity contribution < 1.29 is 33.3 Å². The van der Waals surface area contributed by atoms with Gasteiger partial charge in [0, 0.05) is 18.6 Å². The van der Waals surface area contributed by atoms with Gasteiger partial charge in [-0.15, -0.1) is 0 Å². The summed E-state index contributed by atoms with van der Waals surface area (Å²) in [5, 5.41) is 11.4. The summed E-state index contributed by atoms with van der Waals surface area (Å²) >= 11 is 0. The molecule has 8 heteroatoms. The molecule has 2 saturated carbocycles. The van der Waals surface area contributed by atoms with Crippen molar-refractivity contribution >= 4 is 19.9 Å². The summed E-state index contributed by atoms with van der Waals surface area (Å²) in [6.45, 7) is 12.3. The second-order valence-corrected chi connectivity index (χ2v) is 16.7. The highest BCUT2D eigenvalue weighted by Crippen LogP contribution is 2.57. The predicted molar refractivity (Wildman–Crippen MR) is 138 cm³/mol. The zero-order valence-electron chi connectivity index (χ0n) is 22.7. The first-order valence-electron chi connectivity index (χ1n) is 13.0. The van der Waals surface area contributed by atoms with Gasteiger partial charge in [0.05, 0.1) is 24.9 Å². The lowest BCUT2D eigenvalue weighted by Gasteiger charge is -2.55. The predicted octanol–water partition coefficient (Wildman–Crippen LogP) is 4.89. The molecule has 1 aromatic carbocycles. The summed E-state index contributed by atoms with van der Waals surface area (Å²) in [4.78, 5) is 14.3. The summed E-state index contributed by atoms with van der Waals surface area (Å²) in [5.41, 5.74) is 1.34. The fourth-order valence-corrected chi connectivity index (χ4v) is 8.69. The topological polar surface area (TPSA) is 83.5 Å². The van der Waals surface area contributed by atoms with Crippen LogP contribution in [0.25, 0.3) is 5.76 Å². The Hall–Kier alpha value is -1.71. The molecule has 0 bridgehead atoms. The van der Waals surface area contributed by atoms with E-state index in [0.29, 0.717) is 29.7 Å². The van der Waals surface area contributed by atoms with E-state index < -0.39 is 19.7 Å². The largest absolute Gasteiger partial charge is 0.507 e. The number of Topliss-reactive ketones (excluding diaryl/α,β-unsaturated/α-hetero) is 1. The van der Waals surface area contributed by atoms with Crippen molar-refractivity contribution in [1.29, 1.82) is 0 Å². The second kappa shape index (κ2) is 8.66. The van der Waals surface area contributed by atoms with E-state index >= 15 is 0 Å². The Bertz CT molecular complexity index is 1090. The highest BCUT2D eigenvalue weighted by Gasteiger charge is 2.66. The number of carbonyl (C=O) groups is 1. The van der Waals surface area contributed by atoms with E-state index in [1.54, 1.807) is 14.2 Å². The molecule has 0 aromatic heterocycles. The Labute approximate surface area is 215 Å². The molecule has 1 aromatic rings. The monoisotopic (exact) mass is 516 g/mol. The highest BCUT2D eigenvalue weighted by molar-refractivity contribution is 6.69. The van der Waals surface area contributed by atoms with Gasteiger partial charge in [-0.2, -0.15) is 0 Å². The molecule has 7 nitrogen and oxygen atoms in total. The van der Waals surface area contributed by atoms with Gasteiger partial charge in [-0.05, 0) is 83.1 Å². The average Bonchev–Trinajstić information content (AvgIpc) is 3.14. The lowest BCUT2D eigenvalue weighted by atomic mass is 9.56. The first-order chi connectivity index (χ1) is 16.8. The quantitative estimate of drug-likeness (QED) is 0.558. The molecule has 1 N–H and O–H groups in total. The molecule has 7 atom stereocenters. The summed E-state index contributed by atoms with van der Waals surface area (Å²) in [6.07, 6.45) is 0.949. The van der Waals surface area contributed by atoms with Gasteiger partial charge in [-0.25, -0.2) is 0 Å². The maximum atomic E-state index is 14.3. The summed E-state index contributed by atoms with van der Waals surface area (Å²) in [6, 6.07) is 5.78. The van der Waals surface area contributed by atoms with Crippen LogP contribution in [-0.4, -0.2) is 63.1 Å². The van der Waals surface area contributed by atoms with Crippen LogP contribution in [0.15, 0.2) is 23.8 Å². The van der Waals surface area contributed by atoms with Crippen molar-refractivity contribution in [2.45, 2.75) is 89.4 Å². The maximum Gasteiger partial charge on any atom is 0.184 e. The Morgan fingerprint density at radius 2 is 1.89 bits per heavy atom. The van der Waals surface area contributed by atoms with Crippen LogP contribution < -0.4 is 4.74 Å². The molecule has 1 aliphatic heterocycles. The minimum absolute atomic E-state index is 0.0103. The minimum atomic E-state index is -2.09. The van der Waals surface area contributed by atoms with E-state index in [-0.39, 0.29) is 47.6 Å². The molecule has 0 radical (unpaired) electrons. The number of hydrogen-bond acceptors (Lipinski definition) is 7. The van der Waals surface area contributed by atoms with Gasteiger partial charge in [0.15, 0.2) is 19.9 Å². The number of aliphatic hydroxyl groups is 1. The number of aliphatic hydroxyl groups excluding tert-OH is 1. The van der Waals surface area contributed by atoms with Crippen molar-refractivity contribution in [3.8, 4) is 5.75 Å². The molecule has 0 amide bonds. The molecule has 5 rings (SSSR count). The average molecular weight is 517 g/mol. The van der Waals surface area contributed by atoms with Crippen molar-refractivity contribution in [3.05, 3.63) is 34.9 Å². The first-order valence-corrected chi connectivity index (χ1v) is 16.4. The van der Waals surface area contributed by atoms with Crippen LogP contribution in [0.4, 0.5) is 0 Å². The normalized spacial score (nSPS) is 36.0. The highest BCUT2D eigenvalue weighted by atomic mass is 28.4. The molecule has 0 spiro atoms. The van der Waals surface area contributed by atoms with Crippen LogP contribution in [0.5, 0.6) is 5.75 Å². The molecular formula is C28H40O7Si. The van der Waals surface area contributed by atoms with E-state index in [1.807, 2.05) is 39.0 Å². The van der Waals surface area contributed by atoms with E-state index in [9.17, 15) is 9.90 Å². The summed E-state index contributed by atoms with van der Waals surface area (Å²) in [5.74, 6) is -0.610. The van der Waals surface area contributed by atoms with Crippen molar-refractivity contribution in [2.24, 2.45) is 17.8 Å². The van der Waals surface area contributed by atoms with Gasteiger partial charge >= 0.3 is 0 Å². The number of ether oxygens (including phenoxy) is 4. The third-order valence-electron chi connectivity index (χ3n) is 8.48. The molecule has 198 valence electrons. The van der Waals surface area contributed by atoms with Crippen molar-refractivity contribution in [1.82, 2.24) is 0 Å². The second-order valence-electron chi connectivity index (χ2n) is 12.3. The number of hydrogen-bond donors (Lipinski definition) is 1. The van der Waals surface area contributed by atoms with Crippen molar-refractivity contribution in [2.75, 3.05) is 14.2 Å². The molecule has 3 fully saturated rings. The van der Waals surface area contributed by atoms with Crippen LogP contribution in [-0.2, 0) is 29.9 Å². The third-order valence-corrected chi connectivity index (χ3v) is 9.48. The number of fused-ring (bicyclic) bond motifs is 5. The minimum Gasteiger partial charge on any atom is -0.507 e. The van der Waals surface area contributed by atoms with E-state index in [2.05, 4.69) is 19.6 Å². The van der Waals surface area contributed by atoms with Crippen LogP contribution >= 0.6 is 0 Å². The van der Waals surface area contributed by atoms with Gasteiger partial charge in [0.25, 0.3) is 0 Å². The Balaban J connectivity index is 1.63. The van der Waals surface area contributed by atoms with Gasteiger partial charge < -0.3 is 28.5 Å². The maximum absolute atomic E-state index is 14.3. The zero-order chi connectivity index (χ0) is 26.2. The van der Waals surface area contributed by atoms with Crippen LogP contribution in [0, 0.1) is 17.8 Å². The Kier molecular flexibility index (Phi) is 6.24. The van der Waals surface area contributed by atoms with Crippen molar-refractivity contribution in [3.63, 3.8) is 0 Å². The van der Waals surface area contributed by atoms with Gasteiger partial charge in [-0.3, -0.25) is 4.79 Å². The molecule has 3 aliphatic carbocycles. The fourth-order valence-electron chi connectivity index (χ4n) is 7.18. The lowest BCUT2D eigenvalue weighted by Crippen LogP contribution is -2.68. The molecule has 4 aliphatic rings. The molecule has 1 heterocycles. The number of allylic oxidation sites excluding steroid dienone is 1. The molecular weight excluding hydrogens is 476 g/mol. The fraction of sp³-hybridized carbons (Fsp3) is 0.679. The summed E-state index contributed by atoms with van der Waals surface area (Å²) in [7, 11) is 1.18. The van der Waals surface area contributed by atoms with Crippen LogP contribution in [0.3, 0.4) is 0 Å². The SMILES string of the molecule is COc1cccc2c1C(O)=C1C(=O)[C@@H]3C[C@](O[Si](C)(C)C)([C@@H](C)OC)[C@H]4OC(C)(C)O[C@H]4[C@@H]3CC1C2. The Morgan fingerprint density at radius 1 is 1.17 bits per heavy atom. The number of benzene rings is 1.